The van der Waals surface area contributed by atoms with Gasteiger partial charge in [-0.25, -0.2) is 0 Å². The first kappa shape index (κ1) is 26.5. The van der Waals surface area contributed by atoms with Crippen LogP contribution in [0.1, 0.15) is 38.2 Å². The van der Waals surface area contributed by atoms with Crippen LogP contribution in [0.2, 0.25) is 0 Å². The molecule has 7 nitrogen and oxygen atoms in total. The van der Waals surface area contributed by atoms with Crippen molar-refractivity contribution in [1.29, 1.82) is 0 Å². The van der Waals surface area contributed by atoms with Crippen molar-refractivity contribution >= 4 is 29.5 Å². The summed E-state index contributed by atoms with van der Waals surface area (Å²) in [6.45, 7) is 10.0. The SMILES string of the molecule is C=CCCCOC(=O)[C@@H]1[C@H]2C(=O)N([C@H](C)CO)C(C(=O)N(CC=C)Cc3ccccc3)C23CC[C@H]1S3. The lowest BCUT2D eigenvalue weighted by Crippen LogP contribution is -2.56. The van der Waals surface area contributed by atoms with Gasteiger partial charge >= 0.3 is 5.97 Å². The lowest BCUT2D eigenvalue weighted by atomic mass is 9.71. The van der Waals surface area contributed by atoms with Crippen molar-refractivity contribution in [3.8, 4) is 0 Å². The number of hydrogen-bond donors (Lipinski definition) is 1. The van der Waals surface area contributed by atoms with E-state index >= 15 is 0 Å². The molecule has 3 aliphatic rings. The molecule has 6 atom stereocenters. The summed E-state index contributed by atoms with van der Waals surface area (Å²) in [6, 6.07) is 8.42. The van der Waals surface area contributed by atoms with Crippen LogP contribution in [0.15, 0.2) is 55.6 Å². The minimum Gasteiger partial charge on any atom is -0.465 e. The molecule has 0 radical (unpaired) electrons. The van der Waals surface area contributed by atoms with E-state index in [2.05, 4.69) is 13.2 Å². The Hall–Kier alpha value is -2.58. The third-order valence-corrected chi connectivity index (χ3v) is 9.61. The zero-order valence-electron chi connectivity index (χ0n) is 20.9. The van der Waals surface area contributed by atoms with Crippen LogP contribution >= 0.6 is 11.8 Å². The first-order valence-corrected chi connectivity index (χ1v) is 13.6. The highest BCUT2D eigenvalue weighted by atomic mass is 32.2. The van der Waals surface area contributed by atoms with Gasteiger partial charge in [-0.1, -0.05) is 42.5 Å². The van der Waals surface area contributed by atoms with Crippen molar-refractivity contribution in [3.05, 3.63) is 61.2 Å². The summed E-state index contributed by atoms with van der Waals surface area (Å²) in [5, 5.41) is 9.97. The fourth-order valence-corrected chi connectivity index (χ4v) is 8.25. The summed E-state index contributed by atoms with van der Waals surface area (Å²) in [7, 11) is 0. The number of fused-ring (bicyclic) bond motifs is 1. The molecular weight excluding hydrogens is 476 g/mol. The molecule has 0 aliphatic carbocycles. The maximum Gasteiger partial charge on any atom is 0.310 e. The molecule has 2 unspecified atom stereocenters. The van der Waals surface area contributed by atoms with Gasteiger partial charge in [0.25, 0.3) is 0 Å². The quantitative estimate of drug-likeness (QED) is 0.263. The van der Waals surface area contributed by atoms with Crippen molar-refractivity contribution in [2.24, 2.45) is 11.8 Å². The minimum atomic E-state index is -0.755. The Balaban J connectivity index is 1.66. The Labute approximate surface area is 217 Å². The number of rotatable bonds is 12. The summed E-state index contributed by atoms with van der Waals surface area (Å²) in [5.74, 6) is -1.95. The van der Waals surface area contributed by atoms with E-state index in [0.29, 0.717) is 25.9 Å². The number of unbranched alkanes of at least 4 members (excludes halogenated alkanes) is 1. The standard InChI is InChI=1S/C28H36N2O5S/c1-4-6-10-16-35-27(34)22-21-13-14-28(36-21)23(22)25(32)30(19(3)18-31)24(28)26(33)29(15-5-2)17-20-11-8-7-9-12-20/h4-5,7-9,11-12,19,21-24,31H,1-2,6,10,13-18H2,3H3/t19-,21-,22+,23+,24?,28?/m1/s1. The first-order valence-electron chi connectivity index (χ1n) is 12.7. The van der Waals surface area contributed by atoms with Crippen LogP contribution in [0.4, 0.5) is 0 Å². The average Bonchev–Trinajstić information content (AvgIpc) is 3.53. The van der Waals surface area contributed by atoms with Gasteiger partial charge in [0, 0.05) is 18.3 Å². The van der Waals surface area contributed by atoms with E-state index in [1.165, 1.54) is 0 Å². The number of thioether (sulfide) groups is 1. The Morgan fingerprint density at radius 2 is 2.06 bits per heavy atom. The van der Waals surface area contributed by atoms with Gasteiger partial charge in [-0.3, -0.25) is 14.4 Å². The molecule has 0 saturated carbocycles. The fraction of sp³-hybridized carbons (Fsp3) is 0.536. The maximum atomic E-state index is 14.2. The molecular formula is C28H36N2O5S. The molecule has 1 N–H and O–H groups in total. The monoisotopic (exact) mass is 512 g/mol. The van der Waals surface area contributed by atoms with E-state index in [1.54, 1.807) is 40.6 Å². The van der Waals surface area contributed by atoms with Crippen LogP contribution < -0.4 is 0 Å². The van der Waals surface area contributed by atoms with Crippen molar-refractivity contribution in [3.63, 3.8) is 0 Å². The Bertz CT molecular complexity index is 1000. The van der Waals surface area contributed by atoms with Gasteiger partial charge in [-0.15, -0.1) is 24.9 Å². The van der Waals surface area contributed by atoms with E-state index in [9.17, 15) is 19.5 Å². The molecule has 1 spiro atoms. The lowest BCUT2D eigenvalue weighted by Gasteiger charge is -2.38. The molecule has 3 heterocycles. The number of aliphatic hydroxyl groups is 1. The molecule has 3 aliphatic heterocycles. The van der Waals surface area contributed by atoms with Crippen molar-refractivity contribution in [2.45, 2.75) is 61.2 Å². The van der Waals surface area contributed by atoms with Gasteiger partial charge in [0.05, 0.1) is 35.8 Å². The normalized spacial score (nSPS) is 29.1. The summed E-state index contributed by atoms with van der Waals surface area (Å²) in [4.78, 5) is 44.6. The van der Waals surface area contributed by atoms with Gasteiger partial charge in [-0.05, 0) is 38.2 Å². The van der Waals surface area contributed by atoms with Gasteiger partial charge in [-0.2, -0.15) is 0 Å². The topological polar surface area (TPSA) is 87.1 Å². The number of carbonyl (C=O) groups is 3. The largest absolute Gasteiger partial charge is 0.465 e. The second-order valence-electron chi connectivity index (χ2n) is 9.92. The highest BCUT2D eigenvalue weighted by Crippen LogP contribution is 2.66. The third-order valence-electron chi connectivity index (χ3n) is 7.66. The van der Waals surface area contributed by atoms with Crippen LogP contribution in [-0.4, -0.2) is 74.5 Å². The first-order chi connectivity index (χ1) is 17.4. The molecule has 8 heteroatoms. The van der Waals surface area contributed by atoms with Crippen molar-refractivity contribution in [1.82, 2.24) is 9.80 Å². The maximum absolute atomic E-state index is 14.2. The van der Waals surface area contributed by atoms with E-state index in [1.807, 2.05) is 30.3 Å². The van der Waals surface area contributed by atoms with Gasteiger partial charge in [0.15, 0.2) is 0 Å². The smallest absolute Gasteiger partial charge is 0.310 e. The Morgan fingerprint density at radius 1 is 1.31 bits per heavy atom. The number of benzene rings is 1. The number of hydrogen-bond acceptors (Lipinski definition) is 6. The van der Waals surface area contributed by atoms with Crippen molar-refractivity contribution in [2.75, 3.05) is 19.8 Å². The van der Waals surface area contributed by atoms with Crippen LogP contribution in [0, 0.1) is 11.8 Å². The van der Waals surface area contributed by atoms with E-state index in [4.69, 9.17) is 4.74 Å². The summed E-state index contributed by atoms with van der Waals surface area (Å²) in [5.41, 5.74) is 0.984. The Kier molecular flexibility index (Phi) is 8.25. The number of aliphatic hydroxyl groups excluding tert-OH is 1. The number of amides is 2. The molecule has 36 heavy (non-hydrogen) atoms. The number of ether oxygens (including phenoxy) is 1. The van der Waals surface area contributed by atoms with E-state index in [0.717, 1.165) is 18.4 Å². The summed E-state index contributed by atoms with van der Waals surface area (Å²) < 4.78 is 4.88. The predicted octanol–water partition coefficient (Wildman–Crippen LogP) is 3.18. The molecule has 0 aromatic heterocycles. The van der Waals surface area contributed by atoms with Crippen LogP contribution in [0.3, 0.4) is 0 Å². The van der Waals surface area contributed by atoms with Crippen LogP contribution in [0.5, 0.6) is 0 Å². The fourth-order valence-electron chi connectivity index (χ4n) is 6.06. The number of likely N-dealkylation sites (tertiary alicyclic amines) is 1. The highest BCUT2D eigenvalue weighted by molar-refractivity contribution is 8.02. The number of esters is 1. The molecule has 3 fully saturated rings. The molecule has 2 bridgehead atoms. The van der Waals surface area contributed by atoms with Crippen molar-refractivity contribution < 1.29 is 24.2 Å². The zero-order valence-corrected chi connectivity index (χ0v) is 21.7. The van der Waals surface area contributed by atoms with Gasteiger partial charge in [0.2, 0.25) is 11.8 Å². The second kappa shape index (κ2) is 11.2. The lowest BCUT2D eigenvalue weighted by molar-refractivity contribution is -0.154. The second-order valence-corrected chi connectivity index (χ2v) is 11.5. The van der Waals surface area contributed by atoms with Gasteiger partial charge in [0.1, 0.15) is 6.04 Å². The molecule has 1 aromatic carbocycles. The van der Waals surface area contributed by atoms with Gasteiger partial charge < -0.3 is 19.6 Å². The molecule has 4 rings (SSSR count). The van der Waals surface area contributed by atoms with Crippen LogP contribution in [0.25, 0.3) is 0 Å². The summed E-state index contributed by atoms with van der Waals surface area (Å²) in [6.07, 6.45) is 6.35. The Morgan fingerprint density at radius 3 is 2.72 bits per heavy atom. The molecule has 3 saturated heterocycles. The number of nitrogens with zero attached hydrogens (tertiary/aromatic N) is 2. The highest BCUT2D eigenvalue weighted by Gasteiger charge is 2.74. The molecule has 2 amide bonds. The molecule has 1 aromatic rings. The third kappa shape index (κ3) is 4.61. The zero-order chi connectivity index (χ0) is 25.9. The molecule has 194 valence electrons. The number of allylic oxidation sites excluding steroid dienone is 1. The number of carbonyl (C=O) groups excluding carboxylic acids is 3. The minimum absolute atomic E-state index is 0.0466. The van der Waals surface area contributed by atoms with E-state index in [-0.39, 0.29) is 36.2 Å². The summed E-state index contributed by atoms with van der Waals surface area (Å²) >= 11 is 1.61. The van der Waals surface area contributed by atoms with E-state index < -0.39 is 28.7 Å². The predicted molar refractivity (Wildman–Crippen MR) is 140 cm³/mol. The van der Waals surface area contributed by atoms with Crippen LogP contribution in [-0.2, 0) is 25.7 Å². The average molecular weight is 513 g/mol.